The fourth-order valence-electron chi connectivity index (χ4n) is 2.45. The van der Waals surface area contributed by atoms with Crippen LogP contribution in [-0.2, 0) is 6.42 Å². The quantitative estimate of drug-likeness (QED) is 0.910. The van der Waals surface area contributed by atoms with Gasteiger partial charge >= 0.3 is 0 Å². The molecule has 0 heterocycles. The standard InChI is InChI=1S/C14H19ClO3/c1-3-17-12-8-10(15)9-6-5-7-11(16)13(9)14(12)18-4-2/h8,11,16H,3-7H2,1-2H3/t11-/m1/s1. The molecule has 0 unspecified atom stereocenters. The van der Waals surface area contributed by atoms with Crippen molar-refractivity contribution in [2.45, 2.75) is 39.2 Å². The second-order valence-electron chi connectivity index (χ2n) is 4.35. The van der Waals surface area contributed by atoms with Crippen LogP contribution >= 0.6 is 11.6 Å². The summed E-state index contributed by atoms with van der Waals surface area (Å²) in [5.74, 6) is 1.29. The van der Waals surface area contributed by atoms with Crippen molar-refractivity contribution in [2.24, 2.45) is 0 Å². The van der Waals surface area contributed by atoms with Crippen molar-refractivity contribution in [1.29, 1.82) is 0 Å². The van der Waals surface area contributed by atoms with Crippen LogP contribution in [0.25, 0.3) is 0 Å². The van der Waals surface area contributed by atoms with Gasteiger partial charge in [0, 0.05) is 16.7 Å². The molecule has 100 valence electrons. The lowest BCUT2D eigenvalue weighted by atomic mass is 9.88. The number of hydrogen-bond donors (Lipinski definition) is 1. The Morgan fingerprint density at radius 2 is 2.06 bits per heavy atom. The van der Waals surface area contributed by atoms with Crippen molar-refractivity contribution in [1.82, 2.24) is 0 Å². The van der Waals surface area contributed by atoms with E-state index in [0.29, 0.717) is 29.7 Å². The molecule has 0 aliphatic heterocycles. The molecule has 1 atom stereocenters. The highest BCUT2D eigenvalue weighted by molar-refractivity contribution is 6.31. The monoisotopic (exact) mass is 270 g/mol. The van der Waals surface area contributed by atoms with Crippen molar-refractivity contribution < 1.29 is 14.6 Å². The first kappa shape index (κ1) is 13.5. The van der Waals surface area contributed by atoms with Crippen molar-refractivity contribution in [3.63, 3.8) is 0 Å². The zero-order valence-corrected chi connectivity index (χ0v) is 11.6. The number of aliphatic hydroxyl groups excluding tert-OH is 1. The number of halogens is 1. The first-order valence-electron chi connectivity index (χ1n) is 6.47. The van der Waals surface area contributed by atoms with E-state index in [4.69, 9.17) is 21.1 Å². The van der Waals surface area contributed by atoms with E-state index >= 15 is 0 Å². The molecule has 1 aromatic carbocycles. The smallest absolute Gasteiger partial charge is 0.167 e. The lowest BCUT2D eigenvalue weighted by Gasteiger charge is -2.26. The Kier molecular flexibility index (Phi) is 4.36. The fourth-order valence-corrected chi connectivity index (χ4v) is 2.74. The lowest BCUT2D eigenvalue weighted by molar-refractivity contribution is 0.149. The number of rotatable bonds is 4. The van der Waals surface area contributed by atoms with E-state index in [1.54, 1.807) is 6.07 Å². The third kappa shape index (κ3) is 2.43. The maximum atomic E-state index is 10.2. The Hall–Kier alpha value is -0.930. The normalized spacial score (nSPS) is 18.3. The summed E-state index contributed by atoms with van der Waals surface area (Å²) in [5, 5.41) is 10.9. The molecule has 1 aliphatic rings. The summed E-state index contributed by atoms with van der Waals surface area (Å²) in [7, 11) is 0. The molecule has 0 fully saturated rings. The first-order valence-corrected chi connectivity index (χ1v) is 6.85. The maximum Gasteiger partial charge on any atom is 0.167 e. The molecule has 0 aromatic heterocycles. The second-order valence-corrected chi connectivity index (χ2v) is 4.76. The van der Waals surface area contributed by atoms with Crippen LogP contribution in [-0.4, -0.2) is 18.3 Å². The molecule has 3 nitrogen and oxygen atoms in total. The topological polar surface area (TPSA) is 38.7 Å². The number of ether oxygens (including phenoxy) is 2. The van der Waals surface area contributed by atoms with Gasteiger partial charge in [0.2, 0.25) is 0 Å². The molecular weight excluding hydrogens is 252 g/mol. The van der Waals surface area contributed by atoms with Crippen LogP contribution in [0.1, 0.15) is 43.9 Å². The van der Waals surface area contributed by atoms with Gasteiger partial charge in [-0.15, -0.1) is 0 Å². The third-order valence-corrected chi connectivity index (χ3v) is 3.50. The molecule has 0 bridgehead atoms. The highest BCUT2D eigenvalue weighted by Crippen LogP contribution is 2.45. The summed E-state index contributed by atoms with van der Waals surface area (Å²) >= 11 is 6.27. The van der Waals surface area contributed by atoms with E-state index in [1.165, 1.54) is 0 Å². The Balaban J connectivity index is 2.56. The molecular formula is C14H19ClO3. The fraction of sp³-hybridized carbons (Fsp3) is 0.571. The van der Waals surface area contributed by atoms with Gasteiger partial charge in [-0.1, -0.05) is 11.6 Å². The Labute approximate surface area is 113 Å². The molecule has 4 heteroatoms. The van der Waals surface area contributed by atoms with Crippen LogP contribution in [0.3, 0.4) is 0 Å². The first-order chi connectivity index (χ1) is 8.69. The molecule has 1 N–H and O–H groups in total. The van der Waals surface area contributed by atoms with Gasteiger partial charge in [-0.3, -0.25) is 0 Å². The van der Waals surface area contributed by atoms with E-state index < -0.39 is 6.10 Å². The SMILES string of the molecule is CCOc1cc(Cl)c2c(c1OCC)[C@H](O)CCC2. The predicted molar refractivity (Wildman–Crippen MR) is 71.7 cm³/mol. The van der Waals surface area contributed by atoms with E-state index in [-0.39, 0.29) is 0 Å². The van der Waals surface area contributed by atoms with Crippen LogP contribution in [0, 0.1) is 0 Å². The van der Waals surface area contributed by atoms with Crippen LogP contribution in [0.15, 0.2) is 6.07 Å². The van der Waals surface area contributed by atoms with Crippen molar-refractivity contribution in [3.05, 3.63) is 22.2 Å². The minimum Gasteiger partial charge on any atom is -0.490 e. The predicted octanol–water partition coefficient (Wildman–Crippen LogP) is 3.51. The van der Waals surface area contributed by atoms with Crippen LogP contribution in [0.2, 0.25) is 5.02 Å². The van der Waals surface area contributed by atoms with Gasteiger partial charge in [0.25, 0.3) is 0 Å². The number of benzene rings is 1. The van der Waals surface area contributed by atoms with Crippen molar-refractivity contribution >= 4 is 11.6 Å². The van der Waals surface area contributed by atoms with E-state index in [9.17, 15) is 5.11 Å². The summed E-state index contributed by atoms with van der Waals surface area (Å²) < 4.78 is 11.2. The van der Waals surface area contributed by atoms with Crippen LogP contribution < -0.4 is 9.47 Å². The van der Waals surface area contributed by atoms with Gasteiger partial charge in [-0.05, 0) is 38.7 Å². The van der Waals surface area contributed by atoms with Gasteiger partial charge in [0.05, 0.1) is 19.3 Å². The van der Waals surface area contributed by atoms with Gasteiger partial charge in [0.1, 0.15) is 0 Å². The molecule has 0 radical (unpaired) electrons. The summed E-state index contributed by atoms with van der Waals surface area (Å²) in [6.45, 7) is 4.93. The summed E-state index contributed by atoms with van der Waals surface area (Å²) in [5.41, 5.74) is 1.82. The molecule has 18 heavy (non-hydrogen) atoms. The highest BCUT2D eigenvalue weighted by Gasteiger charge is 2.27. The van der Waals surface area contributed by atoms with Gasteiger partial charge in [0.15, 0.2) is 11.5 Å². The minimum atomic E-state index is -0.506. The summed E-state index contributed by atoms with van der Waals surface area (Å²) in [4.78, 5) is 0. The summed E-state index contributed by atoms with van der Waals surface area (Å²) in [6.07, 6.45) is 2.08. The second kappa shape index (κ2) is 5.81. The Morgan fingerprint density at radius 1 is 1.33 bits per heavy atom. The molecule has 2 rings (SSSR count). The average molecular weight is 271 g/mol. The van der Waals surface area contributed by atoms with Crippen molar-refractivity contribution in [3.8, 4) is 11.5 Å². The zero-order valence-electron chi connectivity index (χ0n) is 10.8. The molecule has 0 saturated carbocycles. The minimum absolute atomic E-state index is 0.506. The number of hydrogen-bond acceptors (Lipinski definition) is 3. The van der Waals surface area contributed by atoms with Crippen LogP contribution in [0.4, 0.5) is 0 Å². The molecule has 1 aromatic rings. The third-order valence-electron chi connectivity index (χ3n) is 3.17. The van der Waals surface area contributed by atoms with Gasteiger partial charge in [-0.2, -0.15) is 0 Å². The molecule has 0 spiro atoms. The maximum absolute atomic E-state index is 10.2. The van der Waals surface area contributed by atoms with Crippen molar-refractivity contribution in [2.75, 3.05) is 13.2 Å². The lowest BCUT2D eigenvalue weighted by Crippen LogP contribution is -2.13. The van der Waals surface area contributed by atoms with Gasteiger partial charge in [-0.25, -0.2) is 0 Å². The molecule has 0 saturated heterocycles. The largest absolute Gasteiger partial charge is 0.490 e. The average Bonchev–Trinajstić information content (AvgIpc) is 2.35. The van der Waals surface area contributed by atoms with Crippen LogP contribution in [0.5, 0.6) is 11.5 Å². The Morgan fingerprint density at radius 3 is 2.72 bits per heavy atom. The number of fused-ring (bicyclic) bond motifs is 1. The summed E-state index contributed by atoms with van der Waals surface area (Å²) in [6, 6.07) is 1.80. The van der Waals surface area contributed by atoms with Gasteiger partial charge < -0.3 is 14.6 Å². The van der Waals surface area contributed by atoms with E-state index in [0.717, 1.165) is 30.4 Å². The Bertz CT molecular complexity index is 432. The van der Waals surface area contributed by atoms with E-state index in [1.807, 2.05) is 13.8 Å². The molecule has 1 aliphatic carbocycles. The van der Waals surface area contributed by atoms with E-state index in [2.05, 4.69) is 0 Å². The zero-order chi connectivity index (χ0) is 13.1. The highest BCUT2D eigenvalue weighted by atomic mass is 35.5. The number of aliphatic hydroxyl groups is 1. The molecule has 0 amide bonds.